The summed E-state index contributed by atoms with van der Waals surface area (Å²) in [6.07, 6.45) is 2.63. The van der Waals surface area contributed by atoms with Crippen molar-refractivity contribution in [3.63, 3.8) is 0 Å². The molecule has 1 aromatic carbocycles. The Hall–Kier alpha value is -0.770. The smallest absolute Gasteiger partial charge is 0.223 e. The minimum atomic E-state index is 0.226. The van der Waals surface area contributed by atoms with E-state index in [-0.39, 0.29) is 5.91 Å². The third kappa shape index (κ3) is 2.67. The molecule has 1 N–H and O–H groups in total. The number of nitrogens with one attached hydrogen (secondary N) is 1. The van der Waals surface area contributed by atoms with Gasteiger partial charge in [-0.15, -0.1) is 0 Å². The van der Waals surface area contributed by atoms with Gasteiger partial charge in [0.05, 0.1) is 0 Å². The lowest BCUT2D eigenvalue weighted by atomic mass is 9.84. The van der Waals surface area contributed by atoms with Gasteiger partial charge in [-0.05, 0) is 44.0 Å². The average Bonchev–Trinajstić information content (AvgIpc) is 2.45. The summed E-state index contributed by atoms with van der Waals surface area (Å²) in [7, 11) is 0. The molecule has 0 radical (unpaired) electrons. The van der Waals surface area contributed by atoms with Crippen molar-refractivity contribution in [2.45, 2.75) is 31.8 Å². The summed E-state index contributed by atoms with van der Waals surface area (Å²) in [4.78, 5) is 14.3. The van der Waals surface area contributed by atoms with Crippen LogP contribution in [-0.2, 0) is 11.3 Å². The van der Waals surface area contributed by atoms with Crippen molar-refractivity contribution in [1.82, 2.24) is 10.2 Å². The molecular weight excluding hydrogens is 295 g/mol. The highest BCUT2D eigenvalue weighted by molar-refractivity contribution is 6.36. The van der Waals surface area contributed by atoms with Gasteiger partial charge in [-0.25, -0.2) is 0 Å². The Bertz CT molecular complexity index is 500. The van der Waals surface area contributed by atoms with Gasteiger partial charge in [0.25, 0.3) is 0 Å². The predicted octanol–water partition coefficient (Wildman–Crippen LogP) is 3.09. The number of rotatable bonds is 2. The minimum Gasteiger partial charge on any atom is -0.335 e. The number of carbonyl (C=O) groups excluding carboxylic acids is 1. The first-order valence-electron chi connectivity index (χ1n) is 7.10. The van der Waals surface area contributed by atoms with Crippen molar-refractivity contribution in [1.29, 1.82) is 0 Å². The van der Waals surface area contributed by atoms with Crippen molar-refractivity contribution in [3.05, 3.63) is 33.8 Å². The summed E-state index contributed by atoms with van der Waals surface area (Å²) in [5, 5.41) is 4.70. The molecule has 2 fully saturated rings. The molecule has 0 saturated carbocycles. The van der Waals surface area contributed by atoms with Crippen LogP contribution in [0.1, 0.15) is 24.8 Å². The topological polar surface area (TPSA) is 32.3 Å². The fourth-order valence-electron chi connectivity index (χ4n) is 3.31. The van der Waals surface area contributed by atoms with E-state index in [0.29, 0.717) is 35.0 Å². The van der Waals surface area contributed by atoms with Crippen LogP contribution >= 0.6 is 23.2 Å². The number of carbonyl (C=O) groups is 1. The zero-order chi connectivity index (χ0) is 14.1. The van der Waals surface area contributed by atoms with E-state index >= 15 is 0 Å². The number of piperidine rings is 2. The molecule has 3 rings (SSSR count). The summed E-state index contributed by atoms with van der Waals surface area (Å²) in [6.45, 7) is 2.50. The van der Waals surface area contributed by atoms with E-state index in [4.69, 9.17) is 23.2 Å². The summed E-state index contributed by atoms with van der Waals surface area (Å²) in [5.41, 5.74) is 0.864. The molecule has 2 saturated heterocycles. The fourth-order valence-corrected chi connectivity index (χ4v) is 3.83. The van der Waals surface area contributed by atoms with Gasteiger partial charge in [0.2, 0.25) is 5.91 Å². The SMILES string of the molecule is O=C1CCC2CNCCC2N1Cc1c(Cl)cccc1Cl. The third-order valence-corrected chi connectivity index (χ3v) is 5.12. The van der Waals surface area contributed by atoms with Crippen LogP contribution in [0.5, 0.6) is 0 Å². The fraction of sp³-hybridized carbons (Fsp3) is 0.533. The highest BCUT2D eigenvalue weighted by atomic mass is 35.5. The summed E-state index contributed by atoms with van der Waals surface area (Å²) >= 11 is 12.5. The Labute approximate surface area is 129 Å². The van der Waals surface area contributed by atoms with E-state index in [9.17, 15) is 4.79 Å². The zero-order valence-electron chi connectivity index (χ0n) is 11.2. The summed E-state index contributed by atoms with van der Waals surface area (Å²) in [5.74, 6) is 0.784. The molecule has 2 aliphatic heterocycles. The van der Waals surface area contributed by atoms with Crippen LogP contribution in [0.4, 0.5) is 0 Å². The van der Waals surface area contributed by atoms with Gasteiger partial charge < -0.3 is 10.2 Å². The van der Waals surface area contributed by atoms with E-state index < -0.39 is 0 Å². The van der Waals surface area contributed by atoms with Crippen LogP contribution in [0.25, 0.3) is 0 Å². The van der Waals surface area contributed by atoms with Crippen molar-refractivity contribution < 1.29 is 4.79 Å². The number of hydrogen-bond donors (Lipinski definition) is 1. The Kier molecular flexibility index (Phi) is 4.20. The highest BCUT2D eigenvalue weighted by Crippen LogP contribution is 2.33. The van der Waals surface area contributed by atoms with Crippen LogP contribution < -0.4 is 5.32 Å². The van der Waals surface area contributed by atoms with Gasteiger partial charge in [-0.1, -0.05) is 29.3 Å². The molecule has 0 bridgehead atoms. The standard InChI is InChI=1S/C15H18Cl2N2O/c16-12-2-1-3-13(17)11(12)9-19-14-6-7-18-8-10(14)4-5-15(19)20/h1-3,10,14,18H,4-9H2. The Morgan fingerprint density at radius 3 is 2.75 bits per heavy atom. The molecule has 1 aromatic rings. The highest BCUT2D eigenvalue weighted by Gasteiger charge is 2.37. The van der Waals surface area contributed by atoms with Crippen LogP contribution in [0.3, 0.4) is 0 Å². The lowest BCUT2D eigenvalue weighted by Gasteiger charge is -2.44. The monoisotopic (exact) mass is 312 g/mol. The second kappa shape index (κ2) is 5.92. The number of nitrogens with zero attached hydrogens (tertiary/aromatic N) is 1. The van der Waals surface area contributed by atoms with Crippen LogP contribution in [0, 0.1) is 5.92 Å². The molecule has 0 aliphatic carbocycles. The zero-order valence-corrected chi connectivity index (χ0v) is 12.8. The van der Waals surface area contributed by atoms with E-state index in [0.717, 1.165) is 31.5 Å². The Balaban J connectivity index is 1.85. The Morgan fingerprint density at radius 2 is 2.00 bits per heavy atom. The van der Waals surface area contributed by atoms with Crippen molar-refractivity contribution in [2.75, 3.05) is 13.1 Å². The molecule has 5 heteroatoms. The maximum Gasteiger partial charge on any atom is 0.223 e. The van der Waals surface area contributed by atoms with Crippen molar-refractivity contribution in [2.24, 2.45) is 5.92 Å². The number of hydrogen-bond acceptors (Lipinski definition) is 2. The van der Waals surface area contributed by atoms with Crippen LogP contribution in [-0.4, -0.2) is 29.9 Å². The minimum absolute atomic E-state index is 0.226. The number of halogens is 2. The summed E-state index contributed by atoms with van der Waals surface area (Å²) in [6, 6.07) is 5.82. The second-order valence-corrected chi connectivity index (χ2v) is 6.40. The Morgan fingerprint density at radius 1 is 1.25 bits per heavy atom. The third-order valence-electron chi connectivity index (χ3n) is 4.41. The number of amides is 1. The molecule has 2 heterocycles. The van der Waals surface area contributed by atoms with E-state index in [1.165, 1.54) is 0 Å². The average molecular weight is 313 g/mol. The van der Waals surface area contributed by atoms with Crippen LogP contribution in [0.15, 0.2) is 18.2 Å². The van der Waals surface area contributed by atoms with E-state index in [2.05, 4.69) is 5.32 Å². The second-order valence-electron chi connectivity index (χ2n) is 5.58. The predicted molar refractivity (Wildman–Crippen MR) is 81.0 cm³/mol. The van der Waals surface area contributed by atoms with Gasteiger partial charge in [-0.3, -0.25) is 4.79 Å². The molecule has 3 nitrogen and oxygen atoms in total. The molecule has 1 amide bonds. The molecule has 2 unspecified atom stereocenters. The molecule has 0 spiro atoms. The normalized spacial score (nSPS) is 26.5. The quantitative estimate of drug-likeness (QED) is 0.910. The summed E-state index contributed by atoms with van der Waals surface area (Å²) < 4.78 is 0. The molecule has 108 valence electrons. The van der Waals surface area contributed by atoms with E-state index in [1.807, 2.05) is 23.1 Å². The number of fused-ring (bicyclic) bond motifs is 1. The number of likely N-dealkylation sites (tertiary alicyclic amines) is 1. The maximum atomic E-state index is 12.3. The van der Waals surface area contributed by atoms with Gasteiger partial charge in [-0.2, -0.15) is 0 Å². The lowest BCUT2D eigenvalue weighted by Crippen LogP contribution is -2.54. The lowest BCUT2D eigenvalue weighted by molar-refractivity contribution is -0.140. The van der Waals surface area contributed by atoms with Crippen LogP contribution in [0.2, 0.25) is 10.0 Å². The van der Waals surface area contributed by atoms with Gasteiger partial charge in [0.1, 0.15) is 0 Å². The first kappa shape index (κ1) is 14.2. The van der Waals surface area contributed by atoms with Gasteiger partial charge >= 0.3 is 0 Å². The molecular formula is C15H18Cl2N2O. The molecule has 2 atom stereocenters. The molecule has 2 aliphatic rings. The number of benzene rings is 1. The van der Waals surface area contributed by atoms with E-state index in [1.54, 1.807) is 0 Å². The van der Waals surface area contributed by atoms with Crippen molar-refractivity contribution >= 4 is 29.1 Å². The first-order valence-corrected chi connectivity index (χ1v) is 7.85. The largest absolute Gasteiger partial charge is 0.335 e. The first-order chi connectivity index (χ1) is 9.66. The van der Waals surface area contributed by atoms with Gasteiger partial charge in [0.15, 0.2) is 0 Å². The molecule has 20 heavy (non-hydrogen) atoms. The molecule has 0 aromatic heterocycles. The van der Waals surface area contributed by atoms with Crippen molar-refractivity contribution in [3.8, 4) is 0 Å². The van der Waals surface area contributed by atoms with Gasteiger partial charge in [0, 0.05) is 34.6 Å². The maximum absolute atomic E-state index is 12.3.